The third-order valence-corrected chi connectivity index (χ3v) is 2.38. The number of carbonyl (C=O) groups is 1. The fraction of sp³-hybridized carbons (Fsp3) is 0.364. The van der Waals surface area contributed by atoms with Crippen molar-refractivity contribution in [1.82, 2.24) is 0 Å². The molecule has 0 saturated heterocycles. The van der Waals surface area contributed by atoms with Crippen LogP contribution >= 0.6 is 0 Å². The zero-order chi connectivity index (χ0) is 14.1. The quantitative estimate of drug-likeness (QED) is 0.805. The van der Waals surface area contributed by atoms with E-state index < -0.39 is 28.7 Å². The summed E-state index contributed by atoms with van der Waals surface area (Å²) in [4.78, 5) is 10.2. The molecule has 0 spiro atoms. The highest BCUT2D eigenvalue weighted by Gasteiger charge is 2.42. The zero-order valence-electron chi connectivity index (χ0n) is 9.82. The first-order valence-electron chi connectivity index (χ1n) is 5.14. The SMILES string of the molecule is CC(C)c1ccc(N(C(N)=O)C(F)(F)F)c(O)c1. The Bertz CT molecular complexity index is 458. The van der Waals surface area contributed by atoms with Crippen LogP contribution in [-0.2, 0) is 0 Å². The largest absolute Gasteiger partial charge is 0.506 e. The fourth-order valence-electron chi connectivity index (χ4n) is 1.47. The minimum atomic E-state index is -4.98. The number of alkyl halides is 3. The van der Waals surface area contributed by atoms with E-state index in [1.165, 1.54) is 12.1 Å². The van der Waals surface area contributed by atoms with E-state index in [4.69, 9.17) is 0 Å². The molecular formula is C11H13F3N2O2. The molecule has 0 unspecified atom stereocenters. The number of rotatable bonds is 2. The second kappa shape index (κ2) is 4.75. The molecule has 0 atom stereocenters. The van der Waals surface area contributed by atoms with Gasteiger partial charge in [0.15, 0.2) is 0 Å². The predicted octanol–water partition coefficient (Wildman–Crippen LogP) is 2.92. The predicted molar refractivity (Wildman–Crippen MR) is 60.3 cm³/mol. The molecule has 100 valence electrons. The molecule has 3 N–H and O–H groups in total. The van der Waals surface area contributed by atoms with Gasteiger partial charge in [0.25, 0.3) is 0 Å². The Morgan fingerprint density at radius 1 is 1.39 bits per heavy atom. The van der Waals surface area contributed by atoms with Gasteiger partial charge in [0.2, 0.25) is 0 Å². The molecule has 2 amide bonds. The van der Waals surface area contributed by atoms with E-state index in [1.54, 1.807) is 0 Å². The van der Waals surface area contributed by atoms with Gasteiger partial charge in [-0.05, 0) is 23.6 Å². The molecule has 0 aliphatic rings. The number of aromatic hydroxyl groups is 1. The lowest BCUT2D eigenvalue weighted by Gasteiger charge is -2.24. The van der Waals surface area contributed by atoms with Gasteiger partial charge in [-0.3, -0.25) is 0 Å². The minimum absolute atomic E-state index is 0.0397. The van der Waals surface area contributed by atoms with Gasteiger partial charge in [0, 0.05) is 0 Å². The summed E-state index contributed by atoms with van der Waals surface area (Å²) in [5, 5.41) is 9.57. The summed E-state index contributed by atoms with van der Waals surface area (Å²) in [5.41, 5.74) is 4.65. The zero-order valence-corrected chi connectivity index (χ0v) is 9.82. The number of amides is 2. The number of nitrogens with zero attached hydrogens (tertiary/aromatic N) is 1. The number of primary amides is 1. The van der Waals surface area contributed by atoms with E-state index in [9.17, 15) is 23.1 Å². The Morgan fingerprint density at radius 2 is 1.94 bits per heavy atom. The Hall–Kier alpha value is -1.92. The van der Waals surface area contributed by atoms with Gasteiger partial charge in [-0.1, -0.05) is 19.9 Å². The number of phenols is 1. The monoisotopic (exact) mass is 262 g/mol. The number of halogens is 3. The minimum Gasteiger partial charge on any atom is -0.506 e. The maximum atomic E-state index is 12.6. The van der Waals surface area contributed by atoms with Crippen molar-refractivity contribution in [2.24, 2.45) is 5.73 Å². The van der Waals surface area contributed by atoms with Crippen molar-refractivity contribution in [2.45, 2.75) is 26.1 Å². The summed E-state index contributed by atoms with van der Waals surface area (Å²) in [5.74, 6) is -0.602. The number of hydrogen-bond acceptors (Lipinski definition) is 2. The van der Waals surface area contributed by atoms with Crippen LogP contribution in [0.1, 0.15) is 25.3 Å². The Labute approximate surface area is 102 Å². The topological polar surface area (TPSA) is 66.6 Å². The van der Waals surface area contributed by atoms with E-state index in [2.05, 4.69) is 5.73 Å². The molecule has 7 heteroatoms. The highest BCUT2D eigenvalue weighted by Crippen LogP contribution is 2.36. The molecule has 0 aliphatic heterocycles. The van der Waals surface area contributed by atoms with Crippen LogP contribution < -0.4 is 10.6 Å². The first kappa shape index (κ1) is 14.1. The maximum absolute atomic E-state index is 12.6. The van der Waals surface area contributed by atoms with Gasteiger partial charge in [-0.2, -0.15) is 0 Å². The van der Waals surface area contributed by atoms with Crippen molar-refractivity contribution in [3.63, 3.8) is 0 Å². The average Bonchev–Trinajstić information content (AvgIpc) is 2.17. The second-order valence-corrected chi connectivity index (χ2v) is 4.04. The molecule has 0 aliphatic carbocycles. The van der Waals surface area contributed by atoms with Gasteiger partial charge in [0.1, 0.15) is 5.75 Å². The first-order valence-corrected chi connectivity index (χ1v) is 5.14. The number of hydrogen-bond donors (Lipinski definition) is 2. The van der Waals surface area contributed by atoms with Gasteiger partial charge in [-0.15, -0.1) is 13.2 Å². The lowest BCUT2D eigenvalue weighted by molar-refractivity contribution is -0.121. The molecule has 18 heavy (non-hydrogen) atoms. The van der Waals surface area contributed by atoms with Crippen molar-refractivity contribution in [2.75, 3.05) is 4.90 Å². The lowest BCUT2D eigenvalue weighted by atomic mass is 10.0. The fourth-order valence-corrected chi connectivity index (χ4v) is 1.47. The Kier molecular flexibility index (Phi) is 3.73. The number of nitrogens with two attached hydrogens (primary N) is 1. The average molecular weight is 262 g/mol. The molecule has 1 aromatic rings. The molecule has 0 heterocycles. The molecule has 0 bridgehead atoms. The van der Waals surface area contributed by atoms with E-state index >= 15 is 0 Å². The van der Waals surface area contributed by atoms with Gasteiger partial charge in [0.05, 0.1) is 5.69 Å². The second-order valence-electron chi connectivity index (χ2n) is 4.04. The van der Waals surface area contributed by atoms with Crippen molar-refractivity contribution in [3.8, 4) is 5.75 Å². The lowest BCUT2D eigenvalue weighted by Crippen LogP contribution is -2.46. The molecular weight excluding hydrogens is 249 g/mol. The van der Waals surface area contributed by atoms with Crippen LogP contribution in [0.5, 0.6) is 5.75 Å². The van der Waals surface area contributed by atoms with Crippen molar-refractivity contribution in [3.05, 3.63) is 23.8 Å². The maximum Gasteiger partial charge on any atom is 0.493 e. The van der Waals surface area contributed by atoms with Crippen molar-refractivity contribution < 1.29 is 23.1 Å². The third kappa shape index (κ3) is 2.85. The van der Waals surface area contributed by atoms with Crippen LogP contribution in [0.25, 0.3) is 0 Å². The first-order chi connectivity index (χ1) is 8.14. The van der Waals surface area contributed by atoms with Crippen LogP contribution in [0.2, 0.25) is 0 Å². The standard InChI is InChI=1S/C11H13F3N2O2/c1-6(2)7-3-4-8(9(17)5-7)16(10(15)18)11(12,13)14/h3-6,17H,1-2H3,(H2,15,18). The number of phenolic OH excluding ortho intramolecular Hbond substituents is 1. The number of urea groups is 1. The summed E-state index contributed by atoms with van der Waals surface area (Å²) >= 11 is 0. The van der Waals surface area contributed by atoms with Gasteiger partial charge < -0.3 is 10.8 Å². The molecule has 1 aromatic carbocycles. The summed E-state index contributed by atoms with van der Waals surface area (Å²) in [6, 6.07) is 1.90. The smallest absolute Gasteiger partial charge is 0.493 e. The van der Waals surface area contributed by atoms with Gasteiger partial charge in [-0.25, -0.2) is 9.69 Å². The van der Waals surface area contributed by atoms with Gasteiger partial charge >= 0.3 is 12.3 Å². The highest BCUT2D eigenvalue weighted by atomic mass is 19.4. The molecule has 4 nitrogen and oxygen atoms in total. The van der Waals surface area contributed by atoms with Crippen LogP contribution in [0.15, 0.2) is 18.2 Å². The van der Waals surface area contributed by atoms with Crippen molar-refractivity contribution in [1.29, 1.82) is 0 Å². The van der Waals surface area contributed by atoms with Crippen LogP contribution in [-0.4, -0.2) is 17.4 Å². The molecule has 0 saturated carbocycles. The Morgan fingerprint density at radius 3 is 2.28 bits per heavy atom. The Balaban J connectivity index is 3.27. The number of carbonyl (C=O) groups excluding carboxylic acids is 1. The van der Waals surface area contributed by atoms with Crippen LogP contribution in [0.4, 0.5) is 23.7 Å². The van der Waals surface area contributed by atoms with E-state index in [1.807, 2.05) is 13.8 Å². The number of benzene rings is 1. The molecule has 1 rings (SSSR count). The summed E-state index contributed by atoms with van der Waals surface area (Å²) < 4.78 is 37.8. The van der Waals surface area contributed by atoms with E-state index in [-0.39, 0.29) is 5.92 Å². The van der Waals surface area contributed by atoms with E-state index in [0.717, 1.165) is 6.07 Å². The normalized spacial score (nSPS) is 11.7. The summed E-state index contributed by atoms with van der Waals surface area (Å²) in [6.45, 7) is 3.65. The molecule has 0 aromatic heterocycles. The number of anilines is 1. The van der Waals surface area contributed by atoms with Crippen LogP contribution in [0.3, 0.4) is 0 Å². The molecule has 0 radical (unpaired) electrons. The summed E-state index contributed by atoms with van der Waals surface area (Å²) in [7, 11) is 0. The summed E-state index contributed by atoms with van der Waals surface area (Å²) in [6.07, 6.45) is -4.98. The highest BCUT2D eigenvalue weighted by molar-refractivity contribution is 5.93. The van der Waals surface area contributed by atoms with Crippen molar-refractivity contribution >= 4 is 11.7 Å². The molecule has 0 fully saturated rings. The van der Waals surface area contributed by atoms with Crippen LogP contribution in [0, 0.1) is 0 Å². The van der Waals surface area contributed by atoms with E-state index in [0.29, 0.717) is 5.56 Å². The third-order valence-electron chi connectivity index (χ3n) is 2.38.